The third-order valence-electron chi connectivity index (χ3n) is 2.12. The van der Waals surface area contributed by atoms with Crippen LogP contribution in [0.3, 0.4) is 0 Å². The van der Waals surface area contributed by atoms with Gasteiger partial charge in [0.05, 0.1) is 0 Å². The van der Waals surface area contributed by atoms with E-state index in [1.54, 1.807) is 23.5 Å². The molecule has 1 N–H and O–H groups in total. The highest BCUT2D eigenvalue weighted by atomic mass is 32.2. The minimum atomic E-state index is 0.956. The van der Waals surface area contributed by atoms with E-state index in [4.69, 9.17) is 0 Å². The summed E-state index contributed by atoms with van der Waals surface area (Å²) >= 11 is 3.56. The summed E-state index contributed by atoms with van der Waals surface area (Å²) in [6.07, 6.45) is 3.28. The van der Waals surface area contributed by atoms with Crippen molar-refractivity contribution in [3.8, 4) is 0 Å². The van der Waals surface area contributed by atoms with Crippen molar-refractivity contribution in [1.29, 1.82) is 0 Å². The van der Waals surface area contributed by atoms with E-state index < -0.39 is 0 Å². The molecule has 1 aliphatic heterocycles. The number of nitrogens with zero attached hydrogens (tertiary/aromatic N) is 1. The largest absolute Gasteiger partial charge is 0.335 e. The minimum absolute atomic E-state index is 0.956. The summed E-state index contributed by atoms with van der Waals surface area (Å²) in [7, 11) is 0. The molecule has 0 saturated heterocycles. The normalized spacial score (nSPS) is 15.9. The number of nitrogens with one attached hydrogen (secondary N) is 1. The van der Waals surface area contributed by atoms with Crippen LogP contribution in [0.5, 0.6) is 0 Å². The zero-order valence-corrected chi connectivity index (χ0v) is 10.3. The second-order valence-electron chi connectivity index (χ2n) is 3.25. The summed E-state index contributed by atoms with van der Waals surface area (Å²) in [5.74, 6) is 1.17. The Hall–Kier alpha value is -0.610. The van der Waals surface area contributed by atoms with Crippen molar-refractivity contribution in [3.63, 3.8) is 0 Å². The van der Waals surface area contributed by atoms with E-state index in [0.717, 1.165) is 17.4 Å². The van der Waals surface area contributed by atoms with Gasteiger partial charge in [0.15, 0.2) is 5.17 Å². The van der Waals surface area contributed by atoms with Gasteiger partial charge in [-0.25, -0.2) is 0 Å². The van der Waals surface area contributed by atoms with Gasteiger partial charge in [-0.15, -0.1) is 11.8 Å². The van der Waals surface area contributed by atoms with Gasteiger partial charge in [0, 0.05) is 22.9 Å². The van der Waals surface area contributed by atoms with Crippen molar-refractivity contribution < 1.29 is 0 Å². The molecule has 0 amide bonds. The van der Waals surface area contributed by atoms with E-state index in [2.05, 4.69) is 40.8 Å². The minimum Gasteiger partial charge on any atom is -0.335 e. The van der Waals surface area contributed by atoms with Gasteiger partial charge >= 0.3 is 0 Å². The lowest BCUT2D eigenvalue weighted by atomic mass is 10.3. The quantitative estimate of drug-likeness (QED) is 0.800. The smallest absolute Gasteiger partial charge is 0.161 e. The number of amidine groups is 1. The molecule has 0 radical (unpaired) electrons. The SMILES string of the molecule is CSc1cccc(NC2=NCCCS2)c1. The van der Waals surface area contributed by atoms with Crippen LogP contribution < -0.4 is 5.32 Å². The third kappa shape index (κ3) is 3.18. The molecular formula is C11H14N2S2. The molecule has 0 bridgehead atoms. The van der Waals surface area contributed by atoms with Gasteiger partial charge in [-0.1, -0.05) is 17.8 Å². The molecule has 1 aromatic carbocycles. The Morgan fingerprint density at radius 1 is 1.47 bits per heavy atom. The van der Waals surface area contributed by atoms with E-state index in [0.29, 0.717) is 0 Å². The average Bonchev–Trinajstić information content (AvgIpc) is 2.31. The molecular weight excluding hydrogens is 224 g/mol. The number of benzene rings is 1. The Labute approximate surface area is 98.9 Å². The first-order chi connectivity index (χ1) is 7.38. The van der Waals surface area contributed by atoms with Crippen molar-refractivity contribution in [3.05, 3.63) is 24.3 Å². The summed E-state index contributed by atoms with van der Waals surface area (Å²) in [5, 5.41) is 4.41. The van der Waals surface area contributed by atoms with Gasteiger partial charge in [-0.05, 0) is 30.9 Å². The summed E-state index contributed by atoms with van der Waals surface area (Å²) in [4.78, 5) is 5.72. The topological polar surface area (TPSA) is 24.4 Å². The third-order valence-corrected chi connectivity index (χ3v) is 3.84. The molecule has 2 rings (SSSR count). The zero-order valence-electron chi connectivity index (χ0n) is 8.69. The highest BCUT2D eigenvalue weighted by Crippen LogP contribution is 2.21. The van der Waals surface area contributed by atoms with Crippen LogP contribution in [-0.4, -0.2) is 23.7 Å². The fourth-order valence-electron chi connectivity index (χ4n) is 1.36. The monoisotopic (exact) mass is 238 g/mol. The van der Waals surface area contributed by atoms with Crippen LogP contribution in [0, 0.1) is 0 Å². The second kappa shape index (κ2) is 5.47. The van der Waals surface area contributed by atoms with Crippen molar-refractivity contribution in [2.45, 2.75) is 11.3 Å². The summed E-state index contributed by atoms with van der Waals surface area (Å²) in [5.41, 5.74) is 1.13. The Morgan fingerprint density at radius 2 is 2.40 bits per heavy atom. The molecule has 0 fully saturated rings. The van der Waals surface area contributed by atoms with Crippen LogP contribution in [0.15, 0.2) is 34.2 Å². The number of rotatable bonds is 2. The first kappa shape index (κ1) is 10.9. The molecule has 0 unspecified atom stereocenters. The molecule has 80 valence electrons. The highest BCUT2D eigenvalue weighted by molar-refractivity contribution is 8.14. The fourth-order valence-corrected chi connectivity index (χ4v) is 2.66. The fraction of sp³-hybridized carbons (Fsp3) is 0.364. The molecule has 0 saturated carbocycles. The molecule has 2 nitrogen and oxygen atoms in total. The maximum Gasteiger partial charge on any atom is 0.161 e. The van der Waals surface area contributed by atoms with Gasteiger partial charge in [-0.2, -0.15) is 0 Å². The van der Waals surface area contributed by atoms with Crippen LogP contribution in [0.4, 0.5) is 5.69 Å². The highest BCUT2D eigenvalue weighted by Gasteiger charge is 2.05. The summed E-state index contributed by atoms with van der Waals surface area (Å²) < 4.78 is 0. The summed E-state index contributed by atoms with van der Waals surface area (Å²) in [6, 6.07) is 8.42. The Morgan fingerprint density at radius 3 is 3.13 bits per heavy atom. The van der Waals surface area contributed by atoms with Gasteiger partial charge in [0.25, 0.3) is 0 Å². The Kier molecular flexibility index (Phi) is 3.97. The summed E-state index contributed by atoms with van der Waals surface area (Å²) in [6.45, 7) is 0.956. The van der Waals surface area contributed by atoms with E-state index >= 15 is 0 Å². The lowest BCUT2D eigenvalue weighted by molar-refractivity contribution is 0.938. The molecule has 0 aliphatic carbocycles. The first-order valence-electron chi connectivity index (χ1n) is 4.97. The number of thioether (sulfide) groups is 2. The number of aliphatic imine (C=N–C) groups is 1. The predicted octanol–water partition coefficient (Wildman–Crippen LogP) is 3.31. The lowest BCUT2D eigenvalue weighted by Crippen LogP contribution is -2.13. The van der Waals surface area contributed by atoms with Gasteiger partial charge in [0.1, 0.15) is 0 Å². The van der Waals surface area contributed by atoms with Gasteiger partial charge in [-0.3, -0.25) is 4.99 Å². The maximum absolute atomic E-state index is 4.44. The Balaban J connectivity index is 2.06. The van der Waals surface area contributed by atoms with Crippen molar-refractivity contribution in [2.24, 2.45) is 4.99 Å². The molecule has 0 aromatic heterocycles. The maximum atomic E-state index is 4.44. The van der Waals surface area contributed by atoms with Crippen molar-refractivity contribution >= 4 is 34.4 Å². The standard InChI is InChI=1S/C11H14N2S2/c1-14-10-5-2-4-9(8-10)13-11-12-6-3-7-15-11/h2,4-5,8H,3,6-7H2,1H3,(H,12,13). The van der Waals surface area contributed by atoms with Crippen LogP contribution in [-0.2, 0) is 0 Å². The molecule has 0 atom stereocenters. The first-order valence-corrected chi connectivity index (χ1v) is 7.18. The molecule has 1 heterocycles. The molecule has 15 heavy (non-hydrogen) atoms. The van der Waals surface area contributed by atoms with Crippen molar-refractivity contribution in [1.82, 2.24) is 0 Å². The van der Waals surface area contributed by atoms with Crippen LogP contribution in [0.1, 0.15) is 6.42 Å². The number of hydrogen-bond acceptors (Lipinski definition) is 4. The van der Waals surface area contributed by atoms with Crippen LogP contribution >= 0.6 is 23.5 Å². The van der Waals surface area contributed by atoms with Crippen molar-refractivity contribution in [2.75, 3.05) is 23.9 Å². The van der Waals surface area contributed by atoms with Crippen LogP contribution in [0.25, 0.3) is 0 Å². The lowest BCUT2D eigenvalue weighted by Gasteiger charge is -2.13. The molecule has 1 aromatic rings. The number of anilines is 1. The molecule has 1 aliphatic rings. The van der Waals surface area contributed by atoms with E-state index in [1.807, 2.05) is 0 Å². The molecule has 0 spiro atoms. The van der Waals surface area contributed by atoms with E-state index in [9.17, 15) is 0 Å². The van der Waals surface area contributed by atoms with Gasteiger partial charge < -0.3 is 5.32 Å². The number of hydrogen-bond donors (Lipinski definition) is 1. The van der Waals surface area contributed by atoms with E-state index in [1.165, 1.54) is 17.1 Å². The zero-order chi connectivity index (χ0) is 10.5. The van der Waals surface area contributed by atoms with Gasteiger partial charge in [0.2, 0.25) is 0 Å². The molecule has 4 heteroatoms. The van der Waals surface area contributed by atoms with E-state index in [-0.39, 0.29) is 0 Å². The second-order valence-corrected chi connectivity index (χ2v) is 5.21. The average molecular weight is 238 g/mol. The Bertz CT molecular complexity index is 363. The van der Waals surface area contributed by atoms with Crippen LogP contribution in [0.2, 0.25) is 0 Å². The predicted molar refractivity (Wildman–Crippen MR) is 71.2 cm³/mol.